The summed E-state index contributed by atoms with van der Waals surface area (Å²) in [6.07, 6.45) is 5.55. The third-order valence-corrected chi connectivity index (χ3v) is 7.39. The molecular weight excluding hydrogens is 560 g/mol. The minimum absolute atomic E-state index is 0.0610. The number of benzene rings is 1. The van der Waals surface area contributed by atoms with E-state index in [9.17, 15) is 13.2 Å². The third kappa shape index (κ3) is 4.79. The lowest BCUT2D eigenvalue weighted by Crippen LogP contribution is -2.31. The van der Waals surface area contributed by atoms with Crippen molar-refractivity contribution in [2.75, 3.05) is 23.8 Å². The van der Waals surface area contributed by atoms with Gasteiger partial charge in [0.05, 0.1) is 24.8 Å². The van der Waals surface area contributed by atoms with Gasteiger partial charge in [0.2, 0.25) is 15.9 Å². The maximum Gasteiger partial charge on any atom is 0.278 e. The lowest BCUT2D eigenvalue weighted by Gasteiger charge is -2.20. The van der Waals surface area contributed by atoms with Crippen molar-refractivity contribution in [3.63, 3.8) is 0 Å². The maximum atomic E-state index is 13.7. The molecule has 0 spiro atoms. The van der Waals surface area contributed by atoms with Gasteiger partial charge in [-0.3, -0.25) is 14.1 Å². The first-order chi connectivity index (χ1) is 20.1. The van der Waals surface area contributed by atoms with Crippen LogP contribution in [0.15, 0.2) is 72.0 Å². The number of nitrogens with zero attached hydrogens (tertiary/aromatic N) is 8. The zero-order valence-corrected chi connectivity index (χ0v) is 23.6. The van der Waals surface area contributed by atoms with Crippen LogP contribution in [-0.2, 0) is 16.6 Å². The molecule has 1 aromatic carbocycles. The van der Waals surface area contributed by atoms with E-state index in [0.29, 0.717) is 33.6 Å². The predicted molar refractivity (Wildman–Crippen MR) is 157 cm³/mol. The molecule has 0 bridgehead atoms. The lowest BCUT2D eigenvalue weighted by molar-refractivity contribution is 0.400. The fourth-order valence-corrected chi connectivity index (χ4v) is 5.47. The number of aromatic nitrogens is 8. The number of hydrogen-bond donors (Lipinski definition) is 2. The zero-order chi connectivity index (χ0) is 29.6. The van der Waals surface area contributed by atoms with E-state index in [1.165, 1.54) is 19.6 Å². The molecule has 3 N–H and O–H groups in total. The molecule has 6 rings (SSSR count). The Morgan fingerprint density at radius 1 is 1.07 bits per heavy atom. The standard InChI is InChI=1S/C27H26N10O4S/c1-16(17-8-5-4-6-9-17)37-21(32-35-11-7-10-20(35)27(37)38)14-36-25-22(24(28)30-15-31-25)23(33-36)18-12-19(34-42(3,39)40)26(41-2)29-13-18/h4-13,15-16,34H,14H2,1-3H3,(H2,28,30,31). The van der Waals surface area contributed by atoms with Crippen LogP contribution < -0.4 is 20.8 Å². The molecule has 0 saturated carbocycles. The maximum absolute atomic E-state index is 13.7. The molecule has 42 heavy (non-hydrogen) atoms. The number of rotatable bonds is 8. The van der Waals surface area contributed by atoms with E-state index in [2.05, 4.69) is 19.7 Å². The van der Waals surface area contributed by atoms with Crippen molar-refractivity contribution in [2.45, 2.75) is 19.5 Å². The number of nitrogens with two attached hydrogens (primary N) is 1. The fraction of sp³-hybridized carbons (Fsp3) is 0.185. The quantitative estimate of drug-likeness (QED) is 0.269. The van der Waals surface area contributed by atoms with Crippen LogP contribution in [0.3, 0.4) is 0 Å². The Labute approximate surface area is 239 Å². The second-order valence-electron chi connectivity index (χ2n) is 9.63. The Morgan fingerprint density at radius 2 is 1.86 bits per heavy atom. The van der Waals surface area contributed by atoms with Crippen molar-refractivity contribution in [1.82, 2.24) is 38.9 Å². The minimum atomic E-state index is -3.64. The first-order valence-electron chi connectivity index (χ1n) is 12.8. The molecular formula is C27H26N10O4S. The van der Waals surface area contributed by atoms with Gasteiger partial charge in [-0.15, -0.1) is 0 Å². The molecule has 0 fully saturated rings. The molecule has 0 aliphatic rings. The van der Waals surface area contributed by atoms with Gasteiger partial charge >= 0.3 is 0 Å². The highest BCUT2D eigenvalue weighted by Crippen LogP contribution is 2.34. The number of ether oxygens (including phenoxy) is 1. The van der Waals surface area contributed by atoms with Crippen molar-refractivity contribution >= 4 is 38.1 Å². The molecule has 14 nitrogen and oxygen atoms in total. The topological polar surface area (TPSA) is 177 Å². The van der Waals surface area contributed by atoms with Gasteiger partial charge in [-0.2, -0.15) is 10.2 Å². The summed E-state index contributed by atoms with van der Waals surface area (Å²) < 4.78 is 36.4. The Hall–Kier alpha value is -5.31. The number of sulfonamides is 1. The molecule has 214 valence electrons. The van der Waals surface area contributed by atoms with Crippen LogP contribution in [0.4, 0.5) is 11.5 Å². The first-order valence-corrected chi connectivity index (χ1v) is 14.7. The average Bonchev–Trinajstić information content (AvgIpc) is 3.58. The summed E-state index contributed by atoms with van der Waals surface area (Å²) in [4.78, 5) is 26.6. The van der Waals surface area contributed by atoms with Gasteiger partial charge < -0.3 is 10.5 Å². The van der Waals surface area contributed by atoms with Crippen LogP contribution >= 0.6 is 0 Å². The van der Waals surface area contributed by atoms with Crippen molar-refractivity contribution in [3.05, 3.63) is 89.0 Å². The van der Waals surface area contributed by atoms with E-state index in [1.807, 2.05) is 37.3 Å². The second-order valence-corrected chi connectivity index (χ2v) is 11.4. The summed E-state index contributed by atoms with van der Waals surface area (Å²) in [7, 11) is -2.25. The molecule has 5 aromatic heterocycles. The summed E-state index contributed by atoms with van der Waals surface area (Å²) in [6, 6.07) is 14.4. The third-order valence-electron chi connectivity index (χ3n) is 6.80. The van der Waals surface area contributed by atoms with E-state index >= 15 is 0 Å². The van der Waals surface area contributed by atoms with Gasteiger partial charge in [-0.25, -0.2) is 32.6 Å². The van der Waals surface area contributed by atoms with Gasteiger partial charge in [-0.1, -0.05) is 30.3 Å². The number of pyridine rings is 1. The van der Waals surface area contributed by atoms with E-state index in [1.54, 1.807) is 38.2 Å². The average molecular weight is 587 g/mol. The first kappa shape index (κ1) is 26.9. The molecule has 0 radical (unpaired) electrons. The van der Waals surface area contributed by atoms with Crippen molar-refractivity contribution < 1.29 is 13.2 Å². The lowest BCUT2D eigenvalue weighted by atomic mass is 10.1. The summed E-state index contributed by atoms with van der Waals surface area (Å²) in [5.41, 5.74) is 8.79. The van der Waals surface area contributed by atoms with Crippen molar-refractivity contribution in [3.8, 4) is 17.1 Å². The highest BCUT2D eigenvalue weighted by molar-refractivity contribution is 7.92. The summed E-state index contributed by atoms with van der Waals surface area (Å²) in [6.45, 7) is 2.00. The highest BCUT2D eigenvalue weighted by Gasteiger charge is 2.23. The van der Waals surface area contributed by atoms with Gasteiger partial charge in [-0.05, 0) is 30.7 Å². The van der Waals surface area contributed by atoms with Gasteiger partial charge in [0, 0.05) is 18.0 Å². The molecule has 0 aliphatic carbocycles. The molecule has 0 aliphatic heterocycles. The van der Waals surface area contributed by atoms with Crippen molar-refractivity contribution in [1.29, 1.82) is 0 Å². The largest absolute Gasteiger partial charge is 0.480 e. The van der Waals surface area contributed by atoms with Crippen LogP contribution in [-0.4, -0.2) is 60.7 Å². The van der Waals surface area contributed by atoms with Crippen LogP contribution in [0.25, 0.3) is 27.8 Å². The highest BCUT2D eigenvalue weighted by atomic mass is 32.2. The summed E-state index contributed by atoms with van der Waals surface area (Å²) in [5.74, 6) is 0.680. The van der Waals surface area contributed by atoms with Gasteiger partial charge in [0.25, 0.3) is 5.56 Å². The molecule has 0 saturated heterocycles. The van der Waals surface area contributed by atoms with Crippen LogP contribution in [0, 0.1) is 0 Å². The van der Waals surface area contributed by atoms with E-state index in [0.717, 1.165) is 11.8 Å². The Balaban J connectivity index is 1.53. The SMILES string of the molecule is COc1ncc(-c2nn(Cc3nn4cccc4c(=O)n3C(C)c3ccccc3)c3ncnc(N)c23)cc1NS(C)(=O)=O. The van der Waals surface area contributed by atoms with Crippen LogP contribution in [0.2, 0.25) is 0 Å². The molecule has 1 unspecified atom stereocenters. The molecule has 0 amide bonds. The fourth-order valence-electron chi connectivity index (χ4n) is 4.92. The Bertz CT molecular complexity index is 2120. The molecule has 15 heteroatoms. The predicted octanol–water partition coefficient (Wildman–Crippen LogP) is 2.32. The molecule has 6 aromatic rings. The number of hydrogen-bond acceptors (Lipinski definition) is 10. The molecule has 1 atom stereocenters. The number of nitrogens with one attached hydrogen (secondary N) is 1. The summed E-state index contributed by atoms with van der Waals surface area (Å²) >= 11 is 0. The van der Waals surface area contributed by atoms with E-state index in [-0.39, 0.29) is 35.5 Å². The minimum Gasteiger partial charge on any atom is -0.480 e. The monoisotopic (exact) mass is 586 g/mol. The smallest absolute Gasteiger partial charge is 0.278 e. The zero-order valence-electron chi connectivity index (χ0n) is 22.8. The van der Waals surface area contributed by atoms with Crippen LogP contribution in [0.5, 0.6) is 5.88 Å². The number of methoxy groups -OCH3 is 1. The Morgan fingerprint density at radius 3 is 2.60 bits per heavy atom. The van der Waals surface area contributed by atoms with E-state index < -0.39 is 10.0 Å². The second kappa shape index (κ2) is 10.3. The van der Waals surface area contributed by atoms with Gasteiger partial charge in [0.1, 0.15) is 35.6 Å². The summed E-state index contributed by atoms with van der Waals surface area (Å²) in [5, 5.41) is 9.99. The van der Waals surface area contributed by atoms with Gasteiger partial charge in [0.15, 0.2) is 11.5 Å². The number of nitrogen functional groups attached to an aromatic ring is 1. The number of fused-ring (bicyclic) bond motifs is 2. The Kier molecular flexibility index (Phi) is 6.57. The van der Waals surface area contributed by atoms with Crippen LogP contribution in [0.1, 0.15) is 24.4 Å². The number of anilines is 2. The van der Waals surface area contributed by atoms with Crippen molar-refractivity contribution in [2.24, 2.45) is 0 Å². The normalized spacial score (nSPS) is 12.5. The van der Waals surface area contributed by atoms with E-state index in [4.69, 9.17) is 20.7 Å². The molecule has 5 heterocycles.